The van der Waals surface area contributed by atoms with Gasteiger partial charge in [0.1, 0.15) is 11.6 Å². The Hall–Kier alpha value is -3.22. The van der Waals surface area contributed by atoms with Crippen LogP contribution in [0.25, 0.3) is 16.6 Å². The third-order valence-electron chi connectivity index (χ3n) is 6.61. The number of fused-ring (bicyclic) bond motifs is 1. The quantitative estimate of drug-likeness (QED) is 0.486. The molecule has 2 aromatic carbocycles. The molecule has 1 atom stereocenters. The number of aromatic nitrogens is 2. The summed E-state index contributed by atoms with van der Waals surface area (Å²) < 4.78 is 15.2. The smallest absolute Gasteiger partial charge is 0.318 e. The molecule has 3 aromatic rings. The van der Waals surface area contributed by atoms with E-state index < -0.39 is 6.04 Å². The Bertz CT molecular complexity index is 1190. The summed E-state index contributed by atoms with van der Waals surface area (Å²) in [5, 5.41) is 3.71. The van der Waals surface area contributed by atoms with Gasteiger partial charge in [-0.05, 0) is 62.1 Å². The van der Waals surface area contributed by atoms with E-state index >= 15 is 0 Å². The third kappa shape index (κ3) is 4.98. The van der Waals surface area contributed by atoms with E-state index in [9.17, 15) is 14.0 Å². The molecule has 180 valence electrons. The molecule has 1 heterocycles. The zero-order valence-corrected chi connectivity index (χ0v) is 20.0. The molecule has 7 heteroatoms. The van der Waals surface area contributed by atoms with Gasteiger partial charge in [-0.1, -0.05) is 45.2 Å². The van der Waals surface area contributed by atoms with Gasteiger partial charge in [-0.2, -0.15) is 0 Å². The van der Waals surface area contributed by atoms with Gasteiger partial charge < -0.3 is 10.2 Å². The number of benzene rings is 2. The first-order valence-corrected chi connectivity index (χ1v) is 12.4. The summed E-state index contributed by atoms with van der Waals surface area (Å²) in [6.45, 7) is 4.58. The first kappa shape index (κ1) is 23.9. The fourth-order valence-corrected chi connectivity index (χ4v) is 4.90. The summed E-state index contributed by atoms with van der Waals surface area (Å²) in [7, 11) is 0. The van der Waals surface area contributed by atoms with E-state index in [-0.39, 0.29) is 23.4 Å². The highest BCUT2D eigenvalue weighted by Gasteiger charge is 2.30. The lowest BCUT2D eigenvalue weighted by molar-refractivity contribution is 0.161. The molecule has 1 fully saturated rings. The number of para-hydroxylation sites is 1. The summed E-state index contributed by atoms with van der Waals surface area (Å²) >= 11 is 0. The second-order valence-electron chi connectivity index (χ2n) is 9.01. The van der Waals surface area contributed by atoms with Gasteiger partial charge in [0.25, 0.3) is 5.56 Å². The van der Waals surface area contributed by atoms with Crippen molar-refractivity contribution in [1.82, 2.24) is 19.8 Å². The Morgan fingerprint density at radius 2 is 1.82 bits per heavy atom. The van der Waals surface area contributed by atoms with Crippen molar-refractivity contribution in [2.24, 2.45) is 0 Å². The minimum absolute atomic E-state index is 0.117. The largest absolute Gasteiger partial charge is 0.335 e. The Morgan fingerprint density at radius 1 is 1.12 bits per heavy atom. The molecule has 0 radical (unpaired) electrons. The maximum Gasteiger partial charge on any atom is 0.318 e. The van der Waals surface area contributed by atoms with Crippen LogP contribution < -0.4 is 10.9 Å². The van der Waals surface area contributed by atoms with Crippen LogP contribution >= 0.6 is 0 Å². The van der Waals surface area contributed by atoms with Crippen molar-refractivity contribution in [3.05, 3.63) is 70.5 Å². The van der Waals surface area contributed by atoms with Gasteiger partial charge in [0.2, 0.25) is 0 Å². The lowest BCUT2D eigenvalue weighted by Gasteiger charge is -2.34. The van der Waals surface area contributed by atoms with Crippen LogP contribution in [0.1, 0.15) is 70.7 Å². The van der Waals surface area contributed by atoms with Crippen LogP contribution in [0.3, 0.4) is 0 Å². The predicted molar refractivity (Wildman–Crippen MR) is 133 cm³/mol. The van der Waals surface area contributed by atoms with Crippen LogP contribution in [0.15, 0.2) is 53.3 Å². The summed E-state index contributed by atoms with van der Waals surface area (Å²) in [6.07, 6.45) is 6.84. The molecule has 0 saturated heterocycles. The number of nitrogens with one attached hydrogen (secondary N) is 1. The average Bonchev–Trinajstić information content (AvgIpc) is 2.85. The number of hydrogen-bond donors (Lipinski definition) is 1. The first-order valence-electron chi connectivity index (χ1n) is 12.4. The van der Waals surface area contributed by atoms with Gasteiger partial charge in [0.15, 0.2) is 0 Å². The number of hydrogen-bond acceptors (Lipinski definition) is 3. The molecular weight excluding hydrogens is 431 g/mol. The summed E-state index contributed by atoms with van der Waals surface area (Å²) in [6, 6.07) is 12.7. The van der Waals surface area contributed by atoms with Crippen LogP contribution in [0.5, 0.6) is 0 Å². The van der Waals surface area contributed by atoms with Crippen molar-refractivity contribution >= 4 is 16.9 Å². The van der Waals surface area contributed by atoms with Crippen molar-refractivity contribution < 1.29 is 9.18 Å². The van der Waals surface area contributed by atoms with Crippen LogP contribution in [0.2, 0.25) is 0 Å². The number of halogens is 1. The molecule has 1 saturated carbocycles. The highest BCUT2D eigenvalue weighted by atomic mass is 19.1. The standard InChI is InChI=1S/C27H33FN4O2/c1-3-18-31(27(34)29-20-10-6-5-7-11-20)24(4-2)25-30-23-13-9-8-12-22(23)26(33)32(25)21-16-14-19(28)15-17-21/h8-9,12-17,20,24H,3-7,10-11,18H2,1-2H3,(H,29,34). The average molecular weight is 465 g/mol. The van der Waals surface area contributed by atoms with Gasteiger partial charge in [0, 0.05) is 12.6 Å². The van der Waals surface area contributed by atoms with Crippen LogP contribution in [0.4, 0.5) is 9.18 Å². The van der Waals surface area contributed by atoms with Gasteiger partial charge >= 0.3 is 6.03 Å². The number of carbonyl (C=O) groups excluding carboxylic acids is 1. The highest BCUT2D eigenvalue weighted by Crippen LogP contribution is 2.27. The molecule has 4 rings (SSSR count). The Balaban J connectivity index is 1.82. The van der Waals surface area contributed by atoms with Crippen molar-refractivity contribution in [2.75, 3.05) is 6.54 Å². The van der Waals surface area contributed by atoms with E-state index in [0.29, 0.717) is 35.4 Å². The van der Waals surface area contributed by atoms with Crippen LogP contribution in [-0.4, -0.2) is 33.1 Å². The number of urea groups is 1. The second kappa shape index (κ2) is 10.8. The van der Waals surface area contributed by atoms with Crippen molar-refractivity contribution in [3.63, 3.8) is 0 Å². The fraction of sp³-hybridized carbons (Fsp3) is 0.444. The third-order valence-corrected chi connectivity index (χ3v) is 6.61. The number of amides is 2. The van der Waals surface area contributed by atoms with Crippen molar-refractivity contribution in [2.45, 2.75) is 70.9 Å². The van der Waals surface area contributed by atoms with Gasteiger partial charge in [-0.3, -0.25) is 9.36 Å². The Kier molecular flexibility index (Phi) is 7.60. The normalized spacial score (nSPS) is 15.3. The van der Waals surface area contributed by atoms with Crippen LogP contribution in [-0.2, 0) is 0 Å². The van der Waals surface area contributed by atoms with Gasteiger partial charge in [-0.15, -0.1) is 0 Å². The number of rotatable bonds is 7. The SMILES string of the molecule is CCCN(C(=O)NC1CCCCC1)C(CC)c1nc2ccccc2c(=O)n1-c1ccc(F)cc1. The topological polar surface area (TPSA) is 67.2 Å². The summed E-state index contributed by atoms with van der Waals surface area (Å²) in [5.41, 5.74) is 0.889. The molecule has 1 aliphatic carbocycles. The molecule has 0 spiro atoms. The minimum Gasteiger partial charge on any atom is -0.335 e. The monoisotopic (exact) mass is 464 g/mol. The van der Waals surface area contributed by atoms with Gasteiger partial charge in [0.05, 0.1) is 22.6 Å². The van der Waals surface area contributed by atoms with Gasteiger partial charge in [-0.25, -0.2) is 14.2 Å². The Labute approximate surface area is 199 Å². The minimum atomic E-state index is -0.411. The molecule has 1 aliphatic rings. The summed E-state index contributed by atoms with van der Waals surface area (Å²) in [5.74, 6) is 0.115. The van der Waals surface area contributed by atoms with Crippen LogP contribution in [0, 0.1) is 5.82 Å². The molecule has 0 bridgehead atoms. The molecule has 1 aromatic heterocycles. The lowest BCUT2D eigenvalue weighted by Crippen LogP contribution is -2.48. The Morgan fingerprint density at radius 3 is 2.50 bits per heavy atom. The molecular formula is C27H33FN4O2. The van der Waals surface area contributed by atoms with Crippen molar-refractivity contribution in [1.29, 1.82) is 0 Å². The molecule has 6 nitrogen and oxygen atoms in total. The maximum absolute atomic E-state index is 13.7. The van der Waals surface area contributed by atoms with E-state index in [1.54, 1.807) is 24.3 Å². The molecule has 0 aliphatic heterocycles. The van der Waals surface area contributed by atoms with Crippen molar-refractivity contribution in [3.8, 4) is 5.69 Å². The first-order chi connectivity index (χ1) is 16.5. The molecule has 1 N–H and O–H groups in total. The van der Waals surface area contributed by atoms with E-state index in [1.807, 2.05) is 30.9 Å². The number of nitrogens with zero attached hydrogens (tertiary/aromatic N) is 3. The fourth-order valence-electron chi connectivity index (χ4n) is 4.90. The molecule has 1 unspecified atom stereocenters. The van der Waals surface area contributed by atoms with E-state index in [2.05, 4.69) is 5.32 Å². The zero-order chi connectivity index (χ0) is 24.1. The number of carbonyl (C=O) groups is 1. The van der Waals surface area contributed by atoms with E-state index in [4.69, 9.17) is 4.98 Å². The van der Waals surface area contributed by atoms with E-state index in [0.717, 1.165) is 32.1 Å². The predicted octanol–water partition coefficient (Wildman–Crippen LogP) is 5.73. The second-order valence-corrected chi connectivity index (χ2v) is 9.01. The summed E-state index contributed by atoms with van der Waals surface area (Å²) in [4.78, 5) is 33.8. The zero-order valence-electron chi connectivity index (χ0n) is 20.0. The highest BCUT2D eigenvalue weighted by molar-refractivity contribution is 5.78. The molecule has 2 amide bonds. The maximum atomic E-state index is 13.7. The lowest BCUT2D eigenvalue weighted by atomic mass is 9.96. The molecule has 34 heavy (non-hydrogen) atoms. The van der Waals surface area contributed by atoms with E-state index in [1.165, 1.54) is 23.1 Å².